The van der Waals surface area contributed by atoms with Gasteiger partial charge in [0.1, 0.15) is 16.8 Å². The fourth-order valence-electron chi connectivity index (χ4n) is 5.87. The molecule has 0 aromatic heterocycles. The molecule has 1 amide bonds. The third kappa shape index (κ3) is 5.99. The fraction of sp³-hybridized carbons (Fsp3) is 0.353. The van der Waals surface area contributed by atoms with Crippen molar-refractivity contribution >= 4 is 29.4 Å². The molecule has 3 aromatic carbocycles. The average Bonchev–Trinajstić information content (AvgIpc) is 3.03. The molecule has 0 aliphatic carbocycles. The van der Waals surface area contributed by atoms with E-state index in [-0.39, 0.29) is 11.9 Å². The number of methoxy groups -OCH3 is 1. The Morgan fingerprint density at radius 2 is 2.02 bits per heavy atom. The summed E-state index contributed by atoms with van der Waals surface area (Å²) in [4.78, 5) is 27.9. The van der Waals surface area contributed by atoms with Crippen LogP contribution < -0.4 is 14.5 Å². The minimum atomic E-state index is -0.784. The molecule has 2 heterocycles. The van der Waals surface area contributed by atoms with Gasteiger partial charge in [0.25, 0.3) is 0 Å². The van der Waals surface area contributed by atoms with Crippen LogP contribution in [0.1, 0.15) is 61.4 Å². The lowest BCUT2D eigenvalue weighted by atomic mass is 9.90. The number of nitriles is 1. The quantitative estimate of drug-likeness (QED) is 0.183. The van der Waals surface area contributed by atoms with Crippen LogP contribution in [0, 0.1) is 11.3 Å². The zero-order valence-electron chi connectivity index (χ0n) is 24.6. The summed E-state index contributed by atoms with van der Waals surface area (Å²) in [5, 5.41) is 10.7. The Morgan fingerprint density at radius 1 is 1.21 bits per heavy atom. The summed E-state index contributed by atoms with van der Waals surface area (Å²) in [5.41, 5.74) is 5.15. The number of fused-ring (bicyclic) bond motifs is 2. The van der Waals surface area contributed by atoms with Gasteiger partial charge in [0, 0.05) is 30.0 Å². The van der Waals surface area contributed by atoms with Gasteiger partial charge in [-0.25, -0.2) is 0 Å². The van der Waals surface area contributed by atoms with Crippen LogP contribution in [0.2, 0.25) is 0 Å². The van der Waals surface area contributed by atoms with E-state index in [1.165, 1.54) is 17.4 Å². The first-order valence-electron chi connectivity index (χ1n) is 14.3. The number of anilines is 1. The zero-order valence-corrected chi connectivity index (χ0v) is 25.4. The lowest BCUT2D eigenvalue weighted by Crippen LogP contribution is -2.35. The third-order valence-corrected chi connectivity index (χ3v) is 9.63. The Kier molecular flexibility index (Phi) is 9.10. The number of hydrogen-bond donors (Lipinski definition) is 0. The highest BCUT2D eigenvalue weighted by Gasteiger charge is 2.35. The molecule has 0 N–H and O–H groups in total. The molecular weight excluding hydrogens is 546 g/mol. The van der Waals surface area contributed by atoms with Gasteiger partial charge in [-0.3, -0.25) is 19.5 Å². The minimum Gasteiger partial charge on any atom is -0.495 e. The molecule has 0 fully saturated rings. The van der Waals surface area contributed by atoms with Crippen LogP contribution >= 0.6 is 11.8 Å². The summed E-state index contributed by atoms with van der Waals surface area (Å²) in [6.07, 6.45) is 6.69. The van der Waals surface area contributed by atoms with Crippen LogP contribution in [0.15, 0.2) is 71.8 Å². The van der Waals surface area contributed by atoms with Crippen molar-refractivity contribution in [2.75, 3.05) is 32.1 Å². The van der Waals surface area contributed by atoms with Crippen LogP contribution in [-0.2, 0) is 20.8 Å². The van der Waals surface area contributed by atoms with E-state index in [1.807, 2.05) is 53.4 Å². The monoisotopic (exact) mass is 583 g/mol. The number of carbonyl (C=O) groups is 1. The maximum Gasteiger partial charge on any atom is 0.223 e. The van der Waals surface area contributed by atoms with E-state index in [0.717, 1.165) is 53.3 Å². The van der Waals surface area contributed by atoms with Gasteiger partial charge in [-0.1, -0.05) is 42.1 Å². The second-order valence-corrected chi connectivity index (χ2v) is 12.2. The Labute approximate surface area is 252 Å². The van der Waals surface area contributed by atoms with Crippen molar-refractivity contribution in [3.05, 3.63) is 89.2 Å². The number of benzene rings is 3. The van der Waals surface area contributed by atoms with Crippen molar-refractivity contribution in [1.29, 1.82) is 5.26 Å². The van der Waals surface area contributed by atoms with Crippen LogP contribution in [0.3, 0.4) is 0 Å². The van der Waals surface area contributed by atoms with Crippen molar-refractivity contribution in [2.45, 2.75) is 55.2 Å². The van der Waals surface area contributed by atoms with Gasteiger partial charge in [0.2, 0.25) is 5.91 Å². The summed E-state index contributed by atoms with van der Waals surface area (Å²) in [6.45, 7) is 5.34. The zero-order chi connectivity index (χ0) is 29.7. The molecule has 0 bridgehead atoms. The highest BCUT2D eigenvalue weighted by Crippen LogP contribution is 2.46. The maximum atomic E-state index is 12.5. The van der Waals surface area contributed by atoms with Crippen molar-refractivity contribution in [3.8, 4) is 17.6 Å². The van der Waals surface area contributed by atoms with Gasteiger partial charge in [-0.15, -0.1) is 0 Å². The van der Waals surface area contributed by atoms with Crippen LogP contribution in [0.5, 0.6) is 11.5 Å². The summed E-state index contributed by atoms with van der Waals surface area (Å²) < 4.78 is 4.89. The maximum absolute atomic E-state index is 12.5. The molecular formula is C34H37N3O4S. The van der Waals surface area contributed by atoms with Crippen molar-refractivity contribution in [3.63, 3.8) is 0 Å². The second-order valence-electron chi connectivity index (χ2n) is 10.8. The van der Waals surface area contributed by atoms with Gasteiger partial charge < -0.3 is 9.64 Å². The summed E-state index contributed by atoms with van der Waals surface area (Å²) in [5.74, 6) is 1.41. The lowest BCUT2D eigenvalue weighted by Gasteiger charge is -2.35. The number of thioether (sulfide) groups is 1. The first-order chi connectivity index (χ1) is 20.4. The van der Waals surface area contributed by atoms with E-state index in [0.29, 0.717) is 18.7 Å². The first-order valence-corrected chi connectivity index (χ1v) is 15.2. The van der Waals surface area contributed by atoms with E-state index >= 15 is 0 Å². The Balaban J connectivity index is 1.37. The Bertz CT molecular complexity index is 1500. The molecule has 3 aromatic rings. The highest BCUT2D eigenvalue weighted by atomic mass is 32.2. The van der Waals surface area contributed by atoms with Crippen LogP contribution in [-0.4, -0.2) is 38.1 Å². The smallest absolute Gasteiger partial charge is 0.223 e. The topological polar surface area (TPSA) is 75.0 Å². The molecule has 2 aliphatic heterocycles. The second kappa shape index (κ2) is 12.9. The predicted octanol–water partition coefficient (Wildman–Crippen LogP) is 7.27. The van der Waals surface area contributed by atoms with Crippen LogP contribution in [0.25, 0.3) is 6.08 Å². The predicted molar refractivity (Wildman–Crippen MR) is 166 cm³/mol. The summed E-state index contributed by atoms with van der Waals surface area (Å²) in [7, 11) is 3.79. The molecule has 2 aliphatic rings. The van der Waals surface area contributed by atoms with Gasteiger partial charge in [-0.2, -0.15) is 5.26 Å². The lowest BCUT2D eigenvalue weighted by molar-refractivity contribution is -0.151. The molecule has 42 heavy (non-hydrogen) atoms. The molecule has 5 rings (SSSR count). The van der Waals surface area contributed by atoms with Gasteiger partial charge in [-0.05, 0) is 99.3 Å². The van der Waals surface area contributed by atoms with E-state index in [9.17, 15) is 10.1 Å². The number of carbonyl (C=O) groups excluding carboxylic acids is 1. The third-order valence-electron chi connectivity index (χ3n) is 8.24. The molecule has 0 radical (unpaired) electrons. The molecule has 218 valence electrons. The van der Waals surface area contributed by atoms with E-state index in [1.54, 1.807) is 25.8 Å². The highest BCUT2D eigenvalue weighted by molar-refractivity contribution is 8.00. The van der Waals surface area contributed by atoms with Gasteiger partial charge in [0.05, 0.1) is 18.9 Å². The Morgan fingerprint density at radius 3 is 2.76 bits per heavy atom. The minimum absolute atomic E-state index is 0.0351. The molecule has 0 saturated heterocycles. The van der Waals surface area contributed by atoms with Crippen molar-refractivity contribution in [1.82, 2.24) is 4.90 Å². The normalized spacial score (nSPS) is 15.9. The number of rotatable bonds is 10. The number of nitrogens with zero attached hydrogens (tertiary/aromatic N) is 3. The van der Waals surface area contributed by atoms with Gasteiger partial charge in [0.15, 0.2) is 5.75 Å². The van der Waals surface area contributed by atoms with E-state index in [2.05, 4.69) is 43.1 Å². The molecule has 2 unspecified atom stereocenters. The SMILES string of the molecule is COc1ccc(C(C)N(C)CCCC(C#N)(Sc2ccccc2)c2ccc3c(c2)C=COO3)c2c1N(C(C)=O)CCC2. The molecule has 0 saturated carbocycles. The molecule has 7 nitrogen and oxygen atoms in total. The Hall–Kier alpha value is -3.93. The number of hydrogen-bond acceptors (Lipinski definition) is 7. The van der Waals surface area contributed by atoms with E-state index < -0.39 is 4.75 Å². The summed E-state index contributed by atoms with van der Waals surface area (Å²) >= 11 is 1.59. The average molecular weight is 584 g/mol. The van der Waals surface area contributed by atoms with E-state index in [4.69, 9.17) is 14.5 Å². The summed E-state index contributed by atoms with van der Waals surface area (Å²) in [6, 6.07) is 22.9. The fourth-order valence-corrected chi connectivity index (χ4v) is 7.10. The number of ether oxygens (including phenoxy) is 1. The molecule has 0 spiro atoms. The largest absolute Gasteiger partial charge is 0.495 e. The molecule has 8 heteroatoms. The van der Waals surface area contributed by atoms with Crippen molar-refractivity contribution in [2.24, 2.45) is 0 Å². The first kappa shape index (κ1) is 29.6. The van der Waals surface area contributed by atoms with Crippen LogP contribution in [0.4, 0.5) is 5.69 Å². The molecule has 2 atom stereocenters. The standard InChI is InChI=1S/C34H37N3O4S/c1-24(29-14-16-32(39-4)33-30(29)12-8-20-37(33)25(2)38)36(3)19-9-18-34(23-35,42-28-10-6-5-7-11-28)27-13-15-31-26(22-27)17-21-40-41-31/h5-7,10-11,13-17,21-22,24H,8-9,12,18-20H2,1-4H3. The van der Waals surface area contributed by atoms with Crippen molar-refractivity contribution < 1.29 is 19.3 Å². The van der Waals surface area contributed by atoms with Gasteiger partial charge >= 0.3 is 0 Å². The number of amides is 1.